The number of pyridine rings is 2. The SMILES string of the molecule is C1=C\CC/C=C\CC/1.C[BH-](n1ccc2cccnc21)n1ccc2cccnc21.[Ir]. The molecule has 0 spiro atoms. The Morgan fingerprint density at radius 2 is 1.10 bits per heavy atom. The van der Waals surface area contributed by atoms with Crippen molar-refractivity contribution in [1.29, 1.82) is 0 Å². The Labute approximate surface area is 185 Å². The predicted octanol–water partition coefficient (Wildman–Crippen LogP) is 5.30. The van der Waals surface area contributed by atoms with Gasteiger partial charge < -0.3 is 8.96 Å². The molecule has 0 saturated heterocycles. The first-order valence-electron chi connectivity index (χ1n) is 10.2. The summed E-state index contributed by atoms with van der Waals surface area (Å²) in [7, 11) is 0. The number of rotatable bonds is 2. The molecule has 0 atom stereocenters. The largest absolute Gasteiger partial charge is 0.491 e. The Morgan fingerprint density at radius 1 is 0.690 bits per heavy atom. The Hall–Kier alpha value is -2.43. The average molecular weight is 562 g/mol. The molecule has 0 aliphatic heterocycles. The number of fused-ring (bicyclic) bond motifs is 2. The molecular formula is C23H26BIrN4-. The van der Waals surface area contributed by atoms with Gasteiger partial charge >= 0.3 is 0 Å². The van der Waals surface area contributed by atoms with Gasteiger partial charge in [-0.25, -0.2) is 9.97 Å². The van der Waals surface area contributed by atoms with Gasteiger partial charge in [0.05, 0.1) is 0 Å². The van der Waals surface area contributed by atoms with Gasteiger partial charge in [0.25, 0.3) is 0 Å². The molecule has 1 aliphatic carbocycles. The van der Waals surface area contributed by atoms with E-state index in [1.807, 2.05) is 24.5 Å². The minimum atomic E-state index is -0.794. The zero-order valence-electron chi connectivity index (χ0n) is 16.7. The van der Waals surface area contributed by atoms with Gasteiger partial charge in [-0.3, -0.25) is 0 Å². The van der Waals surface area contributed by atoms with Gasteiger partial charge in [0.15, 0.2) is 6.98 Å². The Bertz CT molecular complexity index is 1010. The summed E-state index contributed by atoms with van der Waals surface area (Å²) in [5.41, 5.74) is 2.07. The molecule has 0 amide bonds. The average Bonchev–Trinajstić information content (AvgIpc) is 3.32. The maximum atomic E-state index is 4.50. The summed E-state index contributed by atoms with van der Waals surface area (Å²) in [4.78, 5) is 9.00. The van der Waals surface area contributed by atoms with Crippen molar-refractivity contribution in [2.24, 2.45) is 0 Å². The monoisotopic (exact) mass is 562 g/mol. The standard InChI is InChI=1S/C15H14BN4.C8H12.Ir/c1-16(19-10-6-12-4-2-8-17-14(12)19)20-11-7-13-5-3-9-18-15(13)20;1-2-4-6-8-7-5-3-1;/h2-11,16H,1H3;1-2,7-8H,3-6H2;/q-1;;/b;2-1-,8-7-;. The van der Waals surface area contributed by atoms with E-state index in [0.29, 0.717) is 0 Å². The minimum Gasteiger partial charge on any atom is -0.491 e. The van der Waals surface area contributed by atoms with E-state index in [0.717, 1.165) is 11.3 Å². The van der Waals surface area contributed by atoms with Crippen molar-refractivity contribution in [2.45, 2.75) is 32.5 Å². The van der Waals surface area contributed by atoms with Crippen molar-refractivity contribution in [3.05, 3.63) is 85.5 Å². The Balaban J connectivity index is 0.000000228. The molecule has 0 N–H and O–H groups in total. The van der Waals surface area contributed by atoms with Crippen LogP contribution in [0.25, 0.3) is 22.1 Å². The van der Waals surface area contributed by atoms with Crippen LogP contribution < -0.4 is 0 Å². The van der Waals surface area contributed by atoms with Crippen molar-refractivity contribution in [3.8, 4) is 0 Å². The number of allylic oxidation sites excluding steroid dienone is 4. The van der Waals surface area contributed by atoms with Crippen molar-refractivity contribution in [2.75, 3.05) is 0 Å². The van der Waals surface area contributed by atoms with Crippen LogP contribution in [0.5, 0.6) is 0 Å². The molecule has 4 nitrogen and oxygen atoms in total. The first kappa shape index (κ1) is 21.3. The smallest absolute Gasteiger partial charge is 0.174 e. The van der Waals surface area contributed by atoms with Crippen LogP contribution in [0.2, 0.25) is 6.82 Å². The fourth-order valence-electron chi connectivity index (χ4n) is 3.80. The predicted molar refractivity (Wildman–Crippen MR) is 120 cm³/mol. The van der Waals surface area contributed by atoms with Crippen molar-refractivity contribution >= 4 is 29.0 Å². The zero-order valence-corrected chi connectivity index (χ0v) is 19.1. The first-order chi connectivity index (χ1) is 13.8. The zero-order chi connectivity index (χ0) is 19.2. The minimum absolute atomic E-state index is 0. The second-order valence-corrected chi connectivity index (χ2v) is 7.27. The van der Waals surface area contributed by atoms with Gasteiger partial charge in [-0.05, 0) is 74.5 Å². The maximum Gasteiger partial charge on any atom is 0.174 e. The molecule has 0 unspecified atom stereocenters. The third kappa shape index (κ3) is 4.95. The topological polar surface area (TPSA) is 35.6 Å². The van der Waals surface area contributed by atoms with Crippen LogP contribution in [0.15, 0.2) is 85.5 Å². The van der Waals surface area contributed by atoms with Crippen LogP contribution in [-0.2, 0) is 20.1 Å². The normalized spacial score (nSPS) is 15.8. The third-order valence-corrected chi connectivity index (χ3v) is 5.37. The molecular weight excluding hydrogens is 535 g/mol. The molecule has 6 heteroatoms. The number of hydrogen-bond acceptors (Lipinski definition) is 2. The fraction of sp³-hybridized carbons (Fsp3) is 0.217. The molecule has 0 aromatic carbocycles. The second kappa shape index (κ2) is 10.4. The molecule has 4 aromatic heterocycles. The molecule has 29 heavy (non-hydrogen) atoms. The molecule has 1 radical (unpaired) electrons. The van der Waals surface area contributed by atoms with Gasteiger partial charge in [0.1, 0.15) is 11.3 Å². The molecule has 0 bridgehead atoms. The number of aromatic nitrogens is 4. The molecule has 151 valence electrons. The molecule has 4 heterocycles. The summed E-state index contributed by atoms with van der Waals surface area (Å²) >= 11 is 0. The van der Waals surface area contributed by atoms with Gasteiger partial charge in [0, 0.05) is 43.3 Å². The van der Waals surface area contributed by atoms with Crippen LogP contribution in [0.3, 0.4) is 0 Å². The quantitative estimate of drug-likeness (QED) is 0.246. The van der Waals surface area contributed by atoms with Crippen molar-refractivity contribution < 1.29 is 20.1 Å². The first-order valence-corrected chi connectivity index (χ1v) is 10.2. The Kier molecular flexibility index (Phi) is 7.62. The number of nitrogens with zero attached hydrogens (tertiary/aromatic N) is 4. The summed E-state index contributed by atoms with van der Waals surface area (Å²) in [5, 5.41) is 2.35. The summed E-state index contributed by atoms with van der Waals surface area (Å²) in [6.07, 6.45) is 21.9. The maximum absolute atomic E-state index is 4.50. The van der Waals surface area contributed by atoms with E-state index in [-0.39, 0.29) is 20.1 Å². The van der Waals surface area contributed by atoms with Crippen LogP contribution in [0.1, 0.15) is 25.7 Å². The summed E-state index contributed by atoms with van der Waals surface area (Å²) in [6.45, 7) is 1.44. The van der Waals surface area contributed by atoms with E-state index in [1.54, 1.807) is 0 Å². The van der Waals surface area contributed by atoms with Gasteiger partial charge in [-0.2, -0.15) is 6.82 Å². The van der Waals surface area contributed by atoms with E-state index in [2.05, 4.69) is 86.7 Å². The number of hydrogen-bond donors (Lipinski definition) is 0. The molecule has 0 saturated carbocycles. The Morgan fingerprint density at radius 3 is 1.52 bits per heavy atom. The van der Waals surface area contributed by atoms with E-state index in [9.17, 15) is 0 Å². The van der Waals surface area contributed by atoms with Gasteiger partial charge in [-0.15, -0.1) is 0 Å². The van der Waals surface area contributed by atoms with Gasteiger partial charge in [0.2, 0.25) is 0 Å². The van der Waals surface area contributed by atoms with Crippen molar-refractivity contribution in [3.63, 3.8) is 0 Å². The fourth-order valence-corrected chi connectivity index (χ4v) is 3.80. The molecule has 4 aromatic rings. The second-order valence-electron chi connectivity index (χ2n) is 7.27. The van der Waals surface area contributed by atoms with Crippen LogP contribution in [0.4, 0.5) is 0 Å². The summed E-state index contributed by atoms with van der Waals surface area (Å²) in [6, 6.07) is 12.4. The molecule has 0 fully saturated rings. The van der Waals surface area contributed by atoms with E-state index < -0.39 is 6.98 Å². The van der Waals surface area contributed by atoms with Crippen LogP contribution in [-0.4, -0.2) is 25.9 Å². The van der Waals surface area contributed by atoms with Gasteiger partial charge in [-0.1, -0.05) is 24.3 Å². The van der Waals surface area contributed by atoms with E-state index in [1.165, 1.54) is 36.5 Å². The van der Waals surface area contributed by atoms with Crippen LogP contribution in [0, 0.1) is 0 Å². The third-order valence-electron chi connectivity index (χ3n) is 5.37. The van der Waals surface area contributed by atoms with E-state index >= 15 is 0 Å². The van der Waals surface area contributed by atoms with Crippen molar-refractivity contribution in [1.82, 2.24) is 18.9 Å². The summed E-state index contributed by atoms with van der Waals surface area (Å²) < 4.78 is 4.51. The molecule has 5 rings (SSSR count). The molecule has 1 aliphatic rings. The van der Waals surface area contributed by atoms with E-state index in [4.69, 9.17) is 0 Å². The summed E-state index contributed by atoms with van der Waals surface area (Å²) in [5.74, 6) is 0. The van der Waals surface area contributed by atoms with Crippen LogP contribution >= 0.6 is 0 Å².